The number of hydrogen-bond donors (Lipinski definition) is 2. The predicted octanol–water partition coefficient (Wildman–Crippen LogP) is 4.60. The number of nitrogens with zero attached hydrogens (tertiary/aromatic N) is 2. The summed E-state index contributed by atoms with van der Waals surface area (Å²) >= 11 is 0. The topological polar surface area (TPSA) is 68.3 Å². The molecule has 2 aromatic carbocycles. The van der Waals surface area contributed by atoms with Gasteiger partial charge in [-0.2, -0.15) is 4.98 Å². The maximum atomic E-state index is 5.33. The Morgan fingerprint density at radius 2 is 1.58 bits per heavy atom. The number of ether oxygens (including phenoxy) is 2. The molecule has 0 aliphatic rings. The molecule has 0 spiro atoms. The number of nitrogens with one attached hydrogen (secondary N) is 2. The van der Waals surface area contributed by atoms with Crippen molar-refractivity contribution in [1.29, 1.82) is 0 Å². The van der Waals surface area contributed by atoms with Gasteiger partial charge in [-0.15, -0.1) is 0 Å². The largest absolute Gasteiger partial charge is 0.493 e. The zero-order chi connectivity index (χ0) is 18.5. The Balaban J connectivity index is 1.82. The van der Waals surface area contributed by atoms with E-state index >= 15 is 0 Å². The average molecular weight is 350 g/mol. The van der Waals surface area contributed by atoms with E-state index in [0.29, 0.717) is 23.3 Å². The molecule has 6 heteroatoms. The quantitative estimate of drug-likeness (QED) is 0.677. The van der Waals surface area contributed by atoms with E-state index in [1.165, 1.54) is 0 Å². The summed E-state index contributed by atoms with van der Waals surface area (Å²) in [4.78, 5) is 8.85. The lowest BCUT2D eigenvalue weighted by atomic mass is 10.1. The molecule has 0 fully saturated rings. The van der Waals surface area contributed by atoms with E-state index in [-0.39, 0.29) is 0 Å². The summed E-state index contributed by atoms with van der Waals surface area (Å²) in [6, 6.07) is 13.6. The first-order valence-corrected chi connectivity index (χ1v) is 8.26. The Morgan fingerprint density at radius 3 is 2.27 bits per heavy atom. The lowest BCUT2D eigenvalue weighted by Crippen LogP contribution is -2.02. The molecular weight excluding hydrogens is 328 g/mol. The van der Waals surface area contributed by atoms with Crippen molar-refractivity contribution in [2.45, 2.75) is 13.8 Å². The molecule has 3 rings (SSSR count). The highest BCUT2D eigenvalue weighted by atomic mass is 16.5. The minimum atomic E-state index is 0.535. The first-order chi connectivity index (χ1) is 12.6. The first kappa shape index (κ1) is 17.5. The van der Waals surface area contributed by atoms with E-state index in [2.05, 4.69) is 46.6 Å². The van der Waals surface area contributed by atoms with Crippen LogP contribution in [0.25, 0.3) is 0 Å². The lowest BCUT2D eigenvalue weighted by molar-refractivity contribution is 0.355. The Labute approximate surface area is 153 Å². The number of hydrogen-bond acceptors (Lipinski definition) is 6. The maximum absolute atomic E-state index is 5.33. The second kappa shape index (κ2) is 7.74. The van der Waals surface area contributed by atoms with Gasteiger partial charge in [0.2, 0.25) is 5.95 Å². The Bertz CT molecular complexity index is 892. The van der Waals surface area contributed by atoms with Crippen molar-refractivity contribution >= 4 is 23.1 Å². The van der Waals surface area contributed by atoms with E-state index in [1.54, 1.807) is 20.4 Å². The van der Waals surface area contributed by atoms with Crippen LogP contribution in [0.2, 0.25) is 0 Å². The number of benzene rings is 2. The van der Waals surface area contributed by atoms with Gasteiger partial charge in [0.25, 0.3) is 0 Å². The molecule has 26 heavy (non-hydrogen) atoms. The lowest BCUT2D eigenvalue weighted by Gasteiger charge is -2.13. The van der Waals surface area contributed by atoms with Crippen molar-refractivity contribution in [3.8, 4) is 11.5 Å². The second-order valence-electron chi connectivity index (χ2n) is 5.85. The number of rotatable bonds is 6. The summed E-state index contributed by atoms with van der Waals surface area (Å²) in [7, 11) is 3.22. The van der Waals surface area contributed by atoms with Gasteiger partial charge in [0.05, 0.1) is 14.2 Å². The van der Waals surface area contributed by atoms with Crippen molar-refractivity contribution in [2.24, 2.45) is 0 Å². The standard InChI is InChI=1S/C20H22N4O2/c1-13-6-5-7-14(2)19(13)24-20-21-11-10-18(23-20)22-15-8-9-16(25-3)17(12-15)26-4/h5-12H,1-4H3,(H2,21,22,23,24). The van der Waals surface area contributed by atoms with Gasteiger partial charge in [-0.25, -0.2) is 4.98 Å². The molecule has 2 N–H and O–H groups in total. The number of aromatic nitrogens is 2. The summed E-state index contributed by atoms with van der Waals surface area (Å²) in [5.74, 6) is 2.55. The van der Waals surface area contributed by atoms with E-state index in [1.807, 2.05) is 30.3 Å². The van der Waals surface area contributed by atoms with Crippen LogP contribution < -0.4 is 20.1 Å². The third-order valence-corrected chi connectivity index (χ3v) is 4.03. The number of anilines is 4. The maximum Gasteiger partial charge on any atom is 0.229 e. The van der Waals surface area contributed by atoms with Crippen molar-refractivity contribution in [3.63, 3.8) is 0 Å². The smallest absolute Gasteiger partial charge is 0.229 e. The molecule has 0 saturated carbocycles. The number of aryl methyl sites for hydroxylation is 2. The van der Waals surface area contributed by atoms with Gasteiger partial charge in [0, 0.05) is 23.6 Å². The highest BCUT2D eigenvalue weighted by Crippen LogP contribution is 2.31. The second-order valence-corrected chi connectivity index (χ2v) is 5.85. The summed E-state index contributed by atoms with van der Waals surface area (Å²) < 4.78 is 10.6. The molecule has 6 nitrogen and oxygen atoms in total. The molecule has 134 valence electrons. The Morgan fingerprint density at radius 1 is 0.846 bits per heavy atom. The molecule has 0 saturated heterocycles. The number of para-hydroxylation sites is 1. The Hall–Kier alpha value is -3.28. The SMILES string of the molecule is COc1ccc(Nc2ccnc(Nc3c(C)cccc3C)n2)cc1OC. The fourth-order valence-electron chi connectivity index (χ4n) is 2.67. The van der Waals surface area contributed by atoms with Gasteiger partial charge in [-0.1, -0.05) is 18.2 Å². The van der Waals surface area contributed by atoms with Crippen molar-refractivity contribution in [2.75, 3.05) is 24.9 Å². The van der Waals surface area contributed by atoms with E-state index < -0.39 is 0 Å². The summed E-state index contributed by atoms with van der Waals surface area (Å²) in [6.45, 7) is 4.11. The average Bonchev–Trinajstić information content (AvgIpc) is 2.65. The third-order valence-electron chi connectivity index (χ3n) is 4.03. The van der Waals surface area contributed by atoms with E-state index in [9.17, 15) is 0 Å². The zero-order valence-electron chi connectivity index (χ0n) is 15.3. The molecule has 0 atom stereocenters. The van der Waals surface area contributed by atoms with Crippen LogP contribution in [0.3, 0.4) is 0 Å². The van der Waals surface area contributed by atoms with Crippen LogP contribution in [0.1, 0.15) is 11.1 Å². The molecule has 0 bridgehead atoms. The molecule has 0 aliphatic carbocycles. The summed E-state index contributed by atoms with van der Waals surface area (Å²) in [6.07, 6.45) is 1.71. The predicted molar refractivity (Wildman–Crippen MR) is 104 cm³/mol. The molecule has 1 aromatic heterocycles. The van der Waals surface area contributed by atoms with Gasteiger partial charge in [0.15, 0.2) is 11.5 Å². The van der Waals surface area contributed by atoms with Crippen LogP contribution in [-0.4, -0.2) is 24.2 Å². The first-order valence-electron chi connectivity index (χ1n) is 8.26. The van der Waals surface area contributed by atoms with Gasteiger partial charge in [0.1, 0.15) is 5.82 Å². The van der Waals surface area contributed by atoms with Crippen LogP contribution >= 0.6 is 0 Å². The summed E-state index contributed by atoms with van der Waals surface area (Å²) in [5, 5.41) is 6.56. The van der Waals surface area contributed by atoms with Crippen LogP contribution in [-0.2, 0) is 0 Å². The van der Waals surface area contributed by atoms with Gasteiger partial charge in [-0.05, 0) is 43.2 Å². The molecule has 0 unspecified atom stereocenters. The number of methoxy groups -OCH3 is 2. The molecule has 0 amide bonds. The zero-order valence-corrected chi connectivity index (χ0v) is 15.3. The van der Waals surface area contributed by atoms with Crippen LogP contribution in [0.5, 0.6) is 11.5 Å². The monoisotopic (exact) mass is 350 g/mol. The van der Waals surface area contributed by atoms with Crippen molar-refractivity contribution in [3.05, 3.63) is 59.8 Å². The van der Waals surface area contributed by atoms with Crippen LogP contribution in [0, 0.1) is 13.8 Å². The molecule has 0 aliphatic heterocycles. The van der Waals surface area contributed by atoms with Gasteiger partial charge < -0.3 is 20.1 Å². The van der Waals surface area contributed by atoms with Crippen LogP contribution in [0.4, 0.5) is 23.1 Å². The van der Waals surface area contributed by atoms with Crippen LogP contribution in [0.15, 0.2) is 48.7 Å². The normalized spacial score (nSPS) is 10.3. The highest BCUT2D eigenvalue weighted by Gasteiger charge is 2.07. The molecule has 0 radical (unpaired) electrons. The Kier molecular flexibility index (Phi) is 5.22. The fourth-order valence-corrected chi connectivity index (χ4v) is 2.67. The van der Waals surface area contributed by atoms with Crippen molar-refractivity contribution < 1.29 is 9.47 Å². The minimum Gasteiger partial charge on any atom is -0.493 e. The molecule has 1 heterocycles. The van der Waals surface area contributed by atoms with Crippen molar-refractivity contribution in [1.82, 2.24) is 9.97 Å². The highest BCUT2D eigenvalue weighted by molar-refractivity contribution is 5.65. The van der Waals surface area contributed by atoms with E-state index in [4.69, 9.17) is 9.47 Å². The van der Waals surface area contributed by atoms with Gasteiger partial charge >= 0.3 is 0 Å². The van der Waals surface area contributed by atoms with E-state index in [0.717, 1.165) is 22.5 Å². The minimum absolute atomic E-state index is 0.535. The molecular formula is C20H22N4O2. The molecule has 3 aromatic rings. The summed E-state index contributed by atoms with van der Waals surface area (Å²) in [5.41, 5.74) is 4.16. The fraction of sp³-hybridized carbons (Fsp3) is 0.200. The van der Waals surface area contributed by atoms with Gasteiger partial charge in [-0.3, -0.25) is 0 Å². The third kappa shape index (κ3) is 3.85.